The Bertz CT molecular complexity index is 1070. The van der Waals surface area contributed by atoms with E-state index in [1.54, 1.807) is 20.9 Å². The first-order valence-corrected chi connectivity index (χ1v) is 8.76. The second-order valence-corrected chi connectivity index (χ2v) is 7.16. The van der Waals surface area contributed by atoms with Crippen LogP contribution in [0.2, 0.25) is 0 Å². The Balaban J connectivity index is 2.32. The molecule has 2 aromatic heterocycles. The molecule has 0 aliphatic rings. The molecular formula is C17H17N3O3S2. The van der Waals surface area contributed by atoms with Gasteiger partial charge in [0.05, 0.1) is 18.5 Å². The molecule has 3 rings (SSSR count). The number of methoxy groups -OCH3 is 1. The predicted molar refractivity (Wildman–Crippen MR) is 99.9 cm³/mol. The van der Waals surface area contributed by atoms with Crippen molar-refractivity contribution < 1.29 is 9.53 Å². The smallest absolute Gasteiger partial charge is 0.349 e. The Labute approximate surface area is 153 Å². The van der Waals surface area contributed by atoms with E-state index in [0.717, 1.165) is 22.7 Å². The van der Waals surface area contributed by atoms with Crippen molar-refractivity contribution >= 4 is 29.5 Å². The van der Waals surface area contributed by atoms with E-state index in [4.69, 9.17) is 17.0 Å². The van der Waals surface area contributed by atoms with Crippen molar-refractivity contribution in [2.75, 3.05) is 7.11 Å². The maximum atomic E-state index is 13.1. The summed E-state index contributed by atoms with van der Waals surface area (Å²) in [5.41, 5.74) is 2.37. The Morgan fingerprint density at radius 1 is 1.16 bits per heavy atom. The minimum absolute atomic E-state index is 0.195. The second-order valence-electron chi connectivity index (χ2n) is 5.52. The Morgan fingerprint density at radius 3 is 2.40 bits per heavy atom. The molecule has 130 valence electrons. The molecule has 25 heavy (non-hydrogen) atoms. The molecule has 2 heterocycles. The maximum Gasteiger partial charge on any atom is 0.349 e. The van der Waals surface area contributed by atoms with Crippen molar-refractivity contribution in [1.82, 2.24) is 13.9 Å². The average Bonchev–Trinajstić information content (AvgIpc) is 3.01. The van der Waals surface area contributed by atoms with Crippen LogP contribution >= 0.6 is 23.6 Å². The molecule has 6 nitrogen and oxygen atoms in total. The van der Waals surface area contributed by atoms with Crippen LogP contribution in [0, 0.1) is 17.8 Å². The van der Waals surface area contributed by atoms with Crippen molar-refractivity contribution in [2.45, 2.75) is 13.8 Å². The lowest BCUT2D eigenvalue weighted by Gasteiger charge is -2.07. The molecular weight excluding hydrogens is 358 g/mol. The molecule has 0 radical (unpaired) electrons. The van der Waals surface area contributed by atoms with Crippen LogP contribution in [0.3, 0.4) is 0 Å². The molecule has 0 N–H and O–H groups in total. The van der Waals surface area contributed by atoms with Gasteiger partial charge in [0, 0.05) is 12.7 Å². The van der Waals surface area contributed by atoms with Crippen LogP contribution in [-0.4, -0.2) is 27.0 Å². The number of para-hydroxylation sites is 1. The zero-order chi connectivity index (χ0) is 18.3. The van der Waals surface area contributed by atoms with Gasteiger partial charge in [-0.1, -0.05) is 29.5 Å². The first-order valence-electron chi connectivity index (χ1n) is 7.53. The van der Waals surface area contributed by atoms with Gasteiger partial charge in [0.25, 0.3) is 5.56 Å². The average molecular weight is 375 g/mol. The number of carbonyl (C=O) groups is 1. The van der Waals surface area contributed by atoms with Crippen LogP contribution in [-0.2, 0) is 11.8 Å². The topological polar surface area (TPSA) is 58.2 Å². The van der Waals surface area contributed by atoms with Crippen molar-refractivity contribution in [2.24, 2.45) is 7.05 Å². The zero-order valence-electron chi connectivity index (χ0n) is 14.3. The molecule has 0 saturated heterocycles. The lowest BCUT2D eigenvalue weighted by Crippen LogP contribution is -2.21. The first-order chi connectivity index (χ1) is 11.9. The van der Waals surface area contributed by atoms with Crippen LogP contribution in [0.25, 0.3) is 11.4 Å². The molecule has 0 unspecified atom stereocenters. The van der Waals surface area contributed by atoms with E-state index >= 15 is 0 Å². The number of esters is 1. The highest BCUT2D eigenvalue weighted by Crippen LogP contribution is 2.25. The number of aromatic nitrogens is 3. The predicted octanol–water partition coefficient (Wildman–Crippen LogP) is 3.16. The minimum atomic E-state index is -0.454. The van der Waals surface area contributed by atoms with Gasteiger partial charge >= 0.3 is 5.97 Å². The summed E-state index contributed by atoms with van der Waals surface area (Å²) in [5, 5.41) is 0. The van der Waals surface area contributed by atoms with Crippen LogP contribution < -0.4 is 5.56 Å². The summed E-state index contributed by atoms with van der Waals surface area (Å²) in [6.07, 6.45) is 0. The number of nitrogens with zero attached hydrogens (tertiary/aromatic N) is 3. The number of hydrogen-bond donors (Lipinski definition) is 0. The molecule has 0 aliphatic carbocycles. The van der Waals surface area contributed by atoms with Crippen molar-refractivity contribution in [3.63, 3.8) is 0 Å². The van der Waals surface area contributed by atoms with Crippen molar-refractivity contribution in [1.29, 1.82) is 0 Å². The van der Waals surface area contributed by atoms with E-state index < -0.39 is 5.97 Å². The van der Waals surface area contributed by atoms with Gasteiger partial charge in [-0.15, -0.1) is 0 Å². The highest BCUT2D eigenvalue weighted by Gasteiger charge is 2.24. The molecule has 3 aromatic rings. The molecule has 0 bridgehead atoms. The maximum absolute atomic E-state index is 13.1. The monoisotopic (exact) mass is 375 g/mol. The second kappa shape index (κ2) is 6.45. The van der Waals surface area contributed by atoms with Gasteiger partial charge in [-0.25, -0.2) is 9.48 Å². The largest absolute Gasteiger partial charge is 0.465 e. The van der Waals surface area contributed by atoms with Gasteiger partial charge in [0.15, 0.2) is 3.95 Å². The SMILES string of the molecule is COC(=O)c1sc(=S)n(-c2c(C)n(C)n(-c3ccccc3)c2=O)c1C. The van der Waals surface area contributed by atoms with E-state index in [1.165, 1.54) is 7.11 Å². The Morgan fingerprint density at radius 2 is 1.80 bits per heavy atom. The quantitative estimate of drug-likeness (QED) is 0.521. The fourth-order valence-electron chi connectivity index (χ4n) is 2.80. The van der Waals surface area contributed by atoms with Gasteiger partial charge in [-0.3, -0.25) is 14.0 Å². The number of ether oxygens (including phenoxy) is 1. The number of thiazole rings is 1. The third kappa shape index (κ3) is 2.67. The molecule has 0 spiro atoms. The van der Waals surface area contributed by atoms with E-state index in [9.17, 15) is 9.59 Å². The molecule has 1 aromatic carbocycles. The highest BCUT2D eigenvalue weighted by molar-refractivity contribution is 7.73. The van der Waals surface area contributed by atoms with Crippen LogP contribution in [0.1, 0.15) is 21.1 Å². The summed E-state index contributed by atoms with van der Waals surface area (Å²) in [5.74, 6) is -0.454. The van der Waals surface area contributed by atoms with E-state index in [2.05, 4.69) is 0 Å². The van der Waals surface area contributed by atoms with Crippen LogP contribution in [0.4, 0.5) is 0 Å². The third-order valence-corrected chi connectivity index (χ3v) is 5.61. The number of rotatable bonds is 3. The van der Waals surface area contributed by atoms with Gasteiger partial charge in [0.1, 0.15) is 10.6 Å². The Kier molecular flexibility index (Phi) is 4.49. The molecule has 0 saturated carbocycles. The third-order valence-electron chi connectivity index (χ3n) is 4.15. The number of hydrogen-bond acceptors (Lipinski definition) is 5. The fraction of sp³-hybridized carbons (Fsp3) is 0.235. The normalized spacial score (nSPS) is 10.9. The lowest BCUT2D eigenvalue weighted by molar-refractivity contribution is 0.0605. The molecule has 0 fully saturated rings. The van der Waals surface area contributed by atoms with E-state index in [-0.39, 0.29) is 5.56 Å². The van der Waals surface area contributed by atoms with Gasteiger partial charge in [0.2, 0.25) is 0 Å². The molecule has 0 aliphatic heterocycles. The van der Waals surface area contributed by atoms with Gasteiger partial charge in [-0.2, -0.15) is 0 Å². The van der Waals surface area contributed by atoms with Gasteiger partial charge in [-0.05, 0) is 38.2 Å². The Hall–Kier alpha value is -2.45. The highest BCUT2D eigenvalue weighted by atomic mass is 32.1. The summed E-state index contributed by atoms with van der Waals surface area (Å²) in [6.45, 7) is 3.62. The number of benzene rings is 1. The first kappa shape index (κ1) is 17.4. The summed E-state index contributed by atoms with van der Waals surface area (Å²) >= 11 is 6.56. The van der Waals surface area contributed by atoms with E-state index in [0.29, 0.717) is 20.2 Å². The standard InChI is InChI=1S/C17H17N3O3S2/c1-10-13(19-11(2)14(16(22)23-4)25-17(19)24)15(21)20(18(10)3)12-8-6-5-7-9-12/h5-9H,1-4H3. The lowest BCUT2D eigenvalue weighted by atomic mass is 10.3. The number of carbonyl (C=O) groups excluding carboxylic acids is 1. The van der Waals surface area contributed by atoms with Crippen molar-refractivity contribution in [3.05, 3.63) is 60.9 Å². The fourth-order valence-corrected chi connectivity index (χ4v) is 4.18. The van der Waals surface area contributed by atoms with Crippen molar-refractivity contribution in [3.8, 4) is 11.4 Å². The molecule has 8 heteroatoms. The molecule has 0 atom stereocenters. The summed E-state index contributed by atoms with van der Waals surface area (Å²) in [4.78, 5) is 25.5. The summed E-state index contributed by atoms with van der Waals surface area (Å²) in [6, 6.07) is 9.38. The minimum Gasteiger partial charge on any atom is -0.465 e. The van der Waals surface area contributed by atoms with Crippen LogP contribution in [0.5, 0.6) is 0 Å². The van der Waals surface area contributed by atoms with Crippen LogP contribution in [0.15, 0.2) is 35.1 Å². The zero-order valence-corrected chi connectivity index (χ0v) is 15.9. The van der Waals surface area contributed by atoms with E-state index in [1.807, 2.05) is 44.3 Å². The molecule has 0 amide bonds. The summed E-state index contributed by atoms with van der Waals surface area (Å²) < 4.78 is 10.3. The van der Waals surface area contributed by atoms with Gasteiger partial charge < -0.3 is 4.74 Å². The summed E-state index contributed by atoms with van der Waals surface area (Å²) in [7, 11) is 3.14.